The van der Waals surface area contributed by atoms with Gasteiger partial charge >= 0.3 is 6.09 Å². The summed E-state index contributed by atoms with van der Waals surface area (Å²) in [4.78, 5) is 25.4. The van der Waals surface area contributed by atoms with Crippen molar-refractivity contribution >= 4 is 23.5 Å². The summed E-state index contributed by atoms with van der Waals surface area (Å²) in [5, 5.41) is 27.0. The highest BCUT2D eigenvalue weighted by atomic mass is 19.1. The van der Waals surface area contributed by atoms with Gasteiger partial charge in [-0.1, -0.05) is 12.8 Å². The van der Waals surface area contributed by atoms with Crippen molar-refractivity contribution in [1.29, 1.82) is 5.26 Å². The van der Waals surface area contributed by atoms with E-state index in [1.54, 1.807) is 0 Å². The fourth-order valence-corrected chi connectivity index (χ4v) is 4.43. The van der Waals surface area contributed by atoms with Gasteiger partial charge in [0.2, 0.25) is 0 Å². The minimum Gasteiger partial charge on any atom is -0.465 e. The van der Waals surface area contributed by atoms with Crippen LogP contribution in [0.15, 0.2) is 30.5 Å². The van der Waals surface area contributed by atoms with E-state index in [2.05, 4.69) is 16.5 Å². The van der Waals surface area contributed by atoms with Gasteiger partial charge in [-0.15, -0.1) is 0 Å². The topological polar surface area (TPSA) is 137 Å². The Bertz CT molecular complexity index is 1040. The Labute approximate surface area is 184 Å². The molecular weight excluding hydrogens is 415 g/mol. The summed E-state index contributed by atoms with van der Waals surface area (Å²) >= 11 is 0. The van der Waals surface area contributed by atoms with Gasteiger partial charge in [0.15, 0.2) is 5.82 Å². The van der Waals surface area contributed by atoms with Crippen molar-refractivity contribution in [2.45, 2.75) is 44.2 Å². The van der Waals surface area contributed by atoms with Crippen LogP contribution in [0.1, 0.15) is 48.5 Å². The van der Waals surface area contributed by atoms with Crippen LogP contribution >= 0.6 is 0 Å². The Morgan fingerprint density at radius 2 is 1.97 bits per heavy atom. The number of primary amides is 1. The van der Waals surface area contributed by atoms with Crippen molar-refractivity contribution in [3.05, 3.63) is 41.8 Å². The van der Waals surface area contributed by atoms with Gasteiger partial charge in [-0.2, -0.15) is 10.4 Å². The number of rotatable bonds is 7. The number of carboxylic acid groups (broad SMARTS) is 1. The van der Waals surface area contributed by atoms with Crippen LogP contribution in [0.25, 0.3) is 0 Å². The number of nitriles is 1. The Morgan fingerprint density at radius 3 is 2.56 bits per heavy atom. The second-order valence-corrected chi connectivity index (χ2v) is 8.45. The molecule has 0 spiro atoms. The van der Waals surface area contributed by atoms with Gasteiger partial charge < -0.3 is 21.1 Å². The lowest BCUT2D eigenvalue weighted by Crippen LogP contribution is -2.51. The molecule has 2 amide bonds. The Morgan fingerprint density at radius 1 is 1.25 bits per heavy atom. The third-order valence-electron chi connectivity index (χ3n) is 6.28. The fraction of sp³-hybridized carbons (Fsp3) is 0.455. The maximum absolute atomic E-state index is 13.2. The van der Waals surface area contributed by atoms with Crippen molar-refractivity contribution in [3.63, 3.8) is 0 Å². The van der Waals surface area contributed by atoms with Crippen LogP contribution in [0.4, 0.5) is 20.7 Å². The zero-order valence-corrected chi connectivity index (χ0v) is 17.4. The predicted octanol–water partition coefficient (Wildman–Crippen LogP) is 3.49. The van der Waals surface area contributed by atoms with E-state index in [1.807, 2.05) is 0 Å². The van der Waals surface area contributed by atoms with E-state index >= 15 is 0 Å². The summed E-state index contributed by atoms with van der Waals surface area (Å²) in [6.07, 6.45) is 4.61. The van der Waals surface area contributed by atoms with Gasteiger partial charge in [0.25, 0.3) is 5.91 Å². The minimum atomic E-state index is -1.03. The standard InChI is InChI=1S/C22H25FN6O3/c23-15-4-6-16(7-5-15)26-21-17(20(25)30)12-29(27-21)19-14(11-24)9-10-28(22(31)32)18(19)8-3-13-1-2-13/h4-7,12-14,18-19H,1-3,8-10H2,(H2,25,30)(H,26,27)(H,31,32)/t14-,18?,19-/m1/s1. The first-order valence-electron chi connectivity index (χ1n) is 10.7. The zero-order chi connectivity index (χ0) is 22.8. The Hall–Kier alpha value is -3.61. The quantitative estimate of drug-likeness (QED) is 0.603. The molecule has 32 heavy (non-hydrogen) atoms. The van der Waals surface area contributed by atoms with E-state index in [0.29, 0.717) is 24.4 Å². The number of carbonyl (C=O) groups is 2. The third kappa shape index (κ3) is 4.51. The lowest BCUT2D eigenvalue weighted by molar-refractivity contribution is 0.0560. The van der Waals surface area contributed by atoms with Gasteiger partial charge in [-0.05, 0) is 49.4 Å². The smallest absolute Gasteiger partial charge is 0.407 e. The number of nitrogens with zero attached hydrogens (tertiary/aromatic N) is 4. The molecule has 3 atom stereocenters. The van der Waals surface area contributed by atoms with E-state index in [1.165, 1.54) is 40.0 Å². The number of piperidine rings is 1. The van der Waals surface area contributed by atoms with Crippen molar-refractivity contribution in [3.8, 4) is 6.07 Å². The Kier molecular flexibility index (Phi) is 5.99. The summed E-state index contributed by atoms with van der Waals surface area (Å²) < 4.78 is 14.7. The van der Waals surface area contributed by atoms with Crippen LogP contribution in [-0.2, 0) is 0 Å². The van der Waals surface area contributed by atoms with Gasteiger partial charge in [0, 0.05) is 18.4 Å². The number of nitrogens with two attached hydrogens (primary N) is 1. The van der Waals surface area contributed by atoms with Gasteiger partial charge in [-0.25, -0.2) is 9.18 Å². The minimum absolute atomic E-state index is 0.111. The molecule has 0 bridgehead atoms. The molecule has 1 aliphatic carbocycles. The van der Waals surface area contributed by atoms with Gasteiger partial charge in [0.05, 0.1) is 24.1 Å². The third-order valence-corrected chi connectivity index (χ3v) is 6.28. The highest BCUT2D eigenvalue weighted by Crippen LogP contribution is 2.40. The second-order valence-electron chi connectivity index (χ2n) is 8.45. The molecule has 10 heteroatoms. The summed E-state index contributed by atoms with van der Waals surface area (Å²) in [7, 11) is 0. The largest absolute Gasteiger partial charge is 0.465 e. The van der Waals surface area contributed by atoms with E-state index in [4.69, 9.17) is 5.73 Å². The molecule has 1 aromatic heterocycles. The number of halogens is 1. The molecule has 1 saturated carbocycles. The van der Waals surface area contributed by atoms with Crippen molar-refractivity contribution < 1.29 is 19.1 Å². The van der Waals surface area contributed by atoms with Gasteiger partial charge in [-0.3, -0.25) is 9.48 Å². The molecule has 2 aliphatic rings. The monoisotopic (exact) mass is 440 g/mol. The first-order chi connectivity index (χ1) is 15.4. The lowest BCUT2D eigenvalue weighted by Gasteiger charge is -2.42. The lowest BCUT2D eigenvalue weighted by atomic mass is 9.84. The fourth-order valence-electron chi connectivity index (χ4n) is 4.43. The van der Waals surface area contributed by atoms with Gasteiger partial charge in [0.1, 0.15) is 11.4 Å². The second kappa shape index (κ2) is 8.86. The maximum atomic E-state index is 13.2. The van der Waals surface area contributed by atoms with Crippen LogP contribution < -0.4 is 11.1 Å². The molecule has 4 rings (SSSR count). The molecule has 168 valence electrons. The van der Waals surface area contributed by atoms with E-state index in [9.17, 15) is 24.3 Å². The molecule has 0 radical (unpaired) electrons. The van der Waals surface area contributed by atoms with Crippen LogP contribution in [0.5, 0.6) is 0 Å². The number of amides is 2. The van der Waals surface area contributed by atoms with Crippen LogP contribution in [-0.4, -0.2) is 44.4 Å². The summed E-state index contributed by atoms with van der Waals surface area (Å²) in [6.45, 7) is 0.282. The van der Waals surface area contributed by atoms with Crippen LogP contribution in [0.3, 0.4) is 0 Å². The van der Waals surface area contributed by atoms with E-state index < -0.39 is 35.8 Å². The van der Waals surface area contributed by atoms with Crippen LogP contribution in [0, 0.1) is 29.0 Å². The molecule has 2 aromatic rings. The molecule has 1 saturated heterocycles. The average molecular weight is 440 g/mol. The van der Waals surface area contributed by atoms with Crippen molar-refractivity contribution in [1.82, 2.24) is 14.7 Å². The van der Waals surface area contributed by atoms with Crippen molar-refractivity contribution in [2.75, 3.05) is 11.9 Å². The number of hydrogen-bond donors (Lipinski definition) is 3. The molecule has 1 unspecified atom stereocenters. The average Bonchev–Trinajstić information content (AvgIpc) is 3.51. The summed E-state index contributed by atoms with van der Waals surface area (Å²) in [6, 6.07) is 6.86. The van der Waals surface area contributed by atoms with E-state index in [-0.39, 0.29) is 17.9 Å². The number of carbonyl (C=O) groups excluding carboxylic acids is 1. The molecule has 9 nitrogen and oxygen atoms in total. The molecule has 2 fully saturated rings. The first kappa shape index (κ1) is 21.6. The number of anilines is 2. The molecule has 4 N–H and O–H groups in total. The molecule has 1 aromatic carbocycles. The zero-order valence-electron chi connectivity index (χ0n) is 17.4. The first-order valence-corrected chi connectivity index (χ1v) is 10.7. The number of benzene rings is 1. The molecule has 2 heterocycles. The number of nitrogens with one attached hydrogen (secondary N) is 1. The van der Waals surface area contributed by atoms with Crippen LogP contribution in [0.2, 0.25) is 0 Å². The number of likely N-dealkylation sites (tertiary alicyclic amines) is 1. The highest BCUT2D eigenvalue weighted by Gasteiger charge is 2.43. The molecular formula is C22H25FN6O3. The van der Waals surface area contributed by atoms with E-state index in [0.717, 1.165) is 19.3 Å². The Balaban J connectivity index is 1.69. The SMILES string of the molecule is N#C[C@H]1CCN(C(=O)O)C(CCC2CC2)[C@@H]1n1cc(C(N)=O)c(Nc2ccc(F)cc2)n1. The normalized spacial score (nSPS) is 22.9. The highest BCUT2D eigenvalue weighted by molar-refractivity contribution is 5.98. The summed E-state index contributed by atoms with van der Waals surface area (Å²) in [5.41, 5.74) is 6.18. The summed E-state index contributed by atoms with van der Waals surface area (Å²) in [5.74, 6) is -0.802. The predicted molar refractivity (Wildman–Crippen MR) is 114 cm³/mol. The van der Waals surface area contributed by atoms with Crippen molar-refractivity contribution in [2.24, 2.45) is 17.6 Å². The number of hydrogen-bond acceptors (Lipinski definition) is 5. The number of aromatic nitrogens is 2. The maximum Gasteiger partial charge on any atom is 0.407 e. The molecule has 1 aliphatic heterocycles.